The van der Waals surface area contributed by atoms with Gasteiger partial charge in [-0.15, -0.1) is 0 Å². The molecule has 0 heterocycles. The van der Waals surface area contributed by atoms with Crippen molar-refractivity contribution < 1.29 is 23.4 Å². The lowest BCUT2D eigenvalue weighted by atomic mass is 9.86. The molecule has 1 aliphatic carbocycles. The van der Waals surface area contributed by atoms with Crippen LogP contribution in [-0.4, -0.2) is 42.3 Å². The highest BCUT2D eigenvalue weighted by Gasteiger charge is 2.25. The van der Waals surface area contributed by atoms with Crippen LogP contribution in [0.3, 0.4) is 0 Å². The van der Waals surface area contributed by atoms with E-state index in [1.807, 2.05) is 0 Å². The van der Waals surface area contributed by atoms with E-state index in [9.17, 15) is 18.7 Å². The molecule has 0 spiro atoms. The fraction of sp³-hybridized carbons (Fsp3) is 0.588. The first kappa shape index (κ1) is 18.4. The van der Waals surface area contributed by atoms with Crippen LogP contribution in [0.25, 0.3) is 0 Å². The van der Waals surface area contributed by atoms with E-state index in [1.54, 1.807) is 24.1 Å². The number of ether oxygens (including phenoxy) is 1. The number of carbonyl (C=O) groups is 1. The molecule has 1 saturated carbocycles. The molecule has 24 heavy (non-hydrogen) atoms. The molecule has 1 fully saturated rings. The number of rotatable bonds is 6. The summed E-state index contributed by atoms with van der Waals surface area (Å²) in [5, 5.41) is 12.7. The fourth-order valence-electron chi connectivity index (χ4n) is 2.98. The second-order valence-electron chi connectivity index (χ2n) is 6.18. The van der Waals surface area contributed by atoms with Crippen molar-refractivity contribution >= 4 is 6.03 Å². The highest BCUT2D eigenvalue weighted by Crippen LogP contribution is 2.24. The minimum absolute atomic E-state index is 0.0652. The largest absolute Gasteiger partial charge is 0.435 e. The van der Waals surface area contributed by atoms with Crippen molar-refractivity contribution in [2.45, 2.75) is 44.9 Å². The first-order chi connectivity index (χ1) is 11.5. The molecular formula is C17H24F2N2O3. The van der Waals surface area contributed by atoms with E-state index < -0.39 is 6.61 Å². The van der Waals surface area contributed by atoms with Crippen molar-refractivity contribution in [1.29, 1.82) is 0 Å². The molecule has 0 saturated heterocycles. The van der Waals surface area contributed by atoms with Crippen molar-refractivity contribution in [1.82, 2.24) is 10.2 Å². The standard InChI is InChI=1S/C17H24F2N2O3/c1-21(11-13-6-2-3-8-15(13)22)17(23)20-10-12-5-4-7-14(9-12)24-16(18)19/h4-5,7,9,13,15-16,22H,2-3,6,8,10-11H2,1H3,(H,20,23)/t13-,15+/m1/s1. The van der Waals surface area contributed by atoms with Gasteiger partial charge in [0.25, 0.3) is 0 Å². The van der Waals surface area contributed by atoms with Gasteiger partial charge in [-0.25, -0.2) is 4.79 Å². The van der Waals surface area contributed by atoms with Gasteiger partial charge in [-0.05, 0) is 30.5 Å². The number of amides is 2. The van der Waals surface area contributed by atoms with E-state index in [1.165, 1.54) is 12.1 Å². The zero-order chi connectivity index (χ0) is 17.5. The van der Waals surface area contributed by atoms with Crippen LogP contribution >= 0.6 is 0 Å². The molecule has 134 valence electrons. The summed E-state index contributed by atoms with van der Waals surface area (Å²) in [6.07, 6.45) is 3.47. The average Bonchev–Trinajstić information content (AvgIpc) is 2.54. The van der Waals surface area contributed by atoms with Crippen molar-refractivity contribution in [2.24, 2.45) is 5.92 Å². The second-order valence-corrected chi connectivity index (χ2v) is 6.18. The van der Waals surface area contributed by atoms with Crippen LogP contribution in [0.5, 0.6) is 5.75 Å². The first-order valence-electron chi connectivity index (χ1n) is 8.16. The summed E-state index contributed by atoms with van der Waals surface area (Å²) in [6.45, 7) is -2.15. The van der Waals surface area contributed by atoms with Crippen LogP contribution in [0.4, 0.5) is 13.6 Å². The number of aliphatic hydroxyl groups excluding tert-OH is 1. The van der Waals surface area contributed by atoms with E-state index in [2.05, 4.69) is 10.1 Å². The summed E-state index contributed by atoms with van der Waals surface area (Å²) in [5.41, 5.74) is 0.674. The maximum absolute atomic E-state index is 12.2. The number of halogens is 2. The van der Waals surface area contributed by atoms with Crippen LogP contribution in [0, 0.1) is 5.92 Å². The van der Waals surface area contributed by atoms with Crippen LogP contribution in [0.1, 0.15) is 31.2 Å². The molecule has 2 N–H and O–H groups in total. The third kappa shape index (κ3) is 5.63. The monoisotopic (exact) mass is 342 g/mol. The van der Waals surface area contributed by atoms with Crippen molar-refractivity contribution in [3.8, 4) is 5.75 Å². The van der Waals surface area contributed by atoms with E-state index in [4.69, 9.17) is 0 Å². The van der Waals surface area contributed by atoms with Gasteiger partial charge in [0.15, 0.2) is 0 Å². The Morgan fingerprint density at radius 2 is 2.17 bits per heavy atom. The molecule has 0 radical (unpaired) electrons. The summed E-state index contributed by atoms with van der Waals surface area (Å²) in [5.74, 6) is 0.174. The van der Waals surface area contributed by atoms with Crippen LogP contribution in [-0.2, 0) is 6.54 Å². The number of nitrogens with one attached hydrogen (secondary N) is 1. The van der Waals surface area contributed by atoms with Crippen LogP contribution in [0.2, 0.25) is 0 Å². The summed E-state index contributed by atoms with van der Waals surface area (Å²) < 4.78 is 28.8. The number of nitrogens with zero attached hydrogens (tertiary/aromatic N) is 1. The van der Waals surface area contributed by atoms with Crippen LogP contribution in [0.15, 0.2) is 24.3 Å². The Balaban J connectivity index is 1.81. The van der Waals surface area contributed by atoms with E-state index in [0.717, 1.165) is 25.7 Å². The first-order valence-corrected chi connectivity index (χ1v) is 8.16. The average molecular weight is 342 g/mol. The number of carbonyl (C=O) groups excluding carboxylic acids is 1. The maximum atomic E-state index is 12.2. The number of hydrogen-bond acceptors (Lipinski definition) is 3. The smallest absolute Gasteiger partial charge is 0.387 e. The molecule has 0 aliphatic heterocycles. The predicted molar refractivity (Wildman–Crippen MR) is 85.9 cm³/mol. The van der Waals surface area contributed by atoms with Gasteiger partial charge in [0.05, 0.1) is 6.10 Å². The molecule has 0 aromatic heterocycles. The number of benzene rings is 1. The summed E-state index contributed by atoms with van der Waals surface area (Å²) in [7, 11) is 1.69. The van der Waals surface area contributed by atoms with Gasteiger partial charge in [-0.1, -0.05) is 25.0 Å². The van der Waals surface area contributed by atoms with Crippen molar-refractivity contribution in [3.63, 3.8) is 0 Å². The molecule has 0 bridgehead atoms. The molecule has 2 amide bonds. The Morgan fingerprint density at radius 1 is 1.42 bits per heavy atom. The second kappa shape index (κ2) is 8.82. The van der Waals surface area contributed by atoms with Gasteiger partial charge < -0.3 is 20.1 Å². The van der Waals surface area contributed by atoms with Gasteiger partial charge in [0.1, 0.15) is 5.75 Å². The van der Waals surface area contributed by atoms with Crippen molar-refractivity contribution in [2.75, 3.05) is 13.6 Å². The molecule has 7 heteroatoms. The summed E-state index contributed by atoms with van der Waals surface area (Å²) in [6, 6.07) is 5.98. The minimum Gasteiger partial charge on any atom is -0.435 e. The summed E-state index contributed by atoms with van der Waals surface area (Å²) >= 11 is 0. The van der Waals surface area contributed by atoms with E-state index >= 15 is 0 Å². The third-order valence-corrected chi connectivity index (χ3v) is 4.29. The Morgan fingerprint density at radius 3 is 2.88 bits per heavy atom. The van der Waals surface area contributed by atoms with Gasteiger partial charge >= 0.3 is 12.6 Å². The quantitative estimate of drug-likeness (QED) is 0.835. The molecular weight excluding hydrogens is 318 g/mol. The fourth-order valence-corrected chi connectivity index (χ4v) is 2.98. The topological polar surface area (TPSA) is 61.8 Å². The predicted octanol–water partition coefficient (Wildman–Crippen LogP) is 2.98. The number of aliphatic hydroxyl groups is 1. The highest BCUT2D eigenvalue weighted by atomic mass is 19.3. The lowest BCUT2D eigenvalue weighted by molar-refractivity contribution is -0.0498. The minimum atomic E-state index is -2.87. The maximum Gasteiger partial charge on any atom is 0.387 e. The Kier molecular flexibility index (Phi) is 6.78. The SMILES string of the molecule is CN(C[C@H]1CCCC[C@@H]1O)C(=O)NCc1cccc(OC(F)F)c1. The molecule has 0 unspecified atom stereocenters. The molecule has 1 aliphatic rings. The Bertz CT molecular complexity index is 542. The van der Waals surface area contributed by atoms with Gasteiger partial charge in [-0.2, -0.15) is 8.78 Å². The number of hydrogen-bond donors (Lipinski definition) is 2. The molecule has 1 aromatic carbocycles. The van der Waals surface area contributed by atoms with Gasteiger partial charge in [0, 0.05) is 26.1 Å². The molecule has 2 atom stereocenters. The van der Waals surface area contributed by atoms with E-state index in [-0.39, 0.29) is 30.3 Å². The lowest BCUT2D eigenvalue weighted by Gasteiger charge is -2.31. The Labute approximate surface area is 140 Å². The normalized spacial score (nSPS) is 20.7. The van der Waals surface area contributed by atoms with Crippen LogP contribution < -0.4 is 10.1 Å². The molecule has 5 nitrogen and oxygen atoms in total. The Hall–Kier alpha value is -1.89. The van der Waals surface area contributed by atoms with Gasteiger partial charge in [0.2, 0.25) is 0 Å². The number of urea groups is 1. The van der Waals surface area contributed by atoms with Crippen molar-refractivity contribution in [3.05, 3.63) is 29.8 Å². The molecule has 1 aromatic rings. The zero-order valence-electron chi connectivity index (χ0n) is 13.8. The number of alkyl halides is 2. The zero-order valence-corrected chi connectivity index (χ0v) is 13.8. The highest BCUT2D eigenvalue weighted by molar-refractivity contribution is 5.73. The van der Waals surface area contributed by atoms with E-state index in [0.29, 0.717) is 12.1 Å². The lowest BCUT2D eigenvalue weighted by Crippen LogP contribution is -2.42. The molecule has 2 rings (SSSR count). The van der Waals surface area contributed by atoms with Gasteiger partial charge in [-0.3, -0.25) is 0 Å². The summed E-state index contributed by atoms with van der Waals surface area (Å²) in [4.78, 5) is 13.7. The third-order valence-electron chi connectivity index (χ3n) is 4.29.